The van der Waals surface area contributed by atoms with Crippen LogP contribution in [0.4, 0.5) is 5.13 Å². The molecule has 6 heteroatoms. The van der Waals surface area contributed by atoms with Crippen LogP contribution in [0, 0.1) is 5.92 Å². The van der Waals surface area contributed by atoms with Gasteiger partial charge in [-0.05, 0) is 25.1 Å². The van der Waals surface area contributed by atoms with Crippen molar-refractivity contribution in [3.05, 3.63) is 24.3 Å². The van der Waals surface area contributed by atoms with Gasteiger partial charge in [0.1, 0.15) is 5.60 Å². The fourth-order valence-corrected chi connectivity index (χ4v) is 4.61. The van der Waals surface area contributed by atoms with E-state index < -0.39 is 0 Å². The molecule has 5 rings (SSSR count). The number of fused-ring (bicyclic) bond motifs is 4. The first-order valence-electron chi connectivity index (χ1n) is 7.39. The lowest BCUT2D eigenvalue weighted by Crippen LogP contribution is -2.46. The smallest absolute Gasteiger partial charge is 0.291 e. The van der Waals surface area contributed by atoms with Gasteiger partial charge in [0.05, 0.1) is 16.8 Å². The Labute approximate surface area is 126 Å². The molecule has 4 heterocycles. The third kappa shape index (κ3) is 1.79. The zero-order chi connectivity index (χ0) is 13.9. The molecule has 2 saturated heterocycles. The monoisotopic (exact) mass is 300 g/mol. The summed E-state index contributed by atoms with van der Waals surface area (Å²) in [5, 5.41) is 4.11. The summed E-state index contributed by atoms with van der Waals surface area (Å²) in [5.74, 6) is 0.635. The van der Waals surface area contributed by atoms with E-state index in [1.54, 1.807) is 11.3 Å². The van der Waals surface area contributed by atoms with Crippen LogP contribution in [0.3, 0.4) is 0 Å². The molecule has 0 amide bonds. The van der Waals surface area contributed by atoms with Crippen molar-refractivity contribution >= 4 is 32.7 Å². The van der Waals surface area contributed by atoms with E-state index >= 15 is 0 Å². The molecule has 2 bridgehead atoms. The molecule has 108 valence electrons. The zero-order valence-corrected chi connectivity index (χ0v) is 12.4. The van der Waals surface area contributed by atoms with Gasteiger partial charge in [-0.15, -0.1) is 0 Å². The summed E-state index contributed by atoms with van der Waals surface area (Å²) >= 11 is 1.64. The Balaban J connectivity index is 1.35. The normalized spacial score (nSPS) is 33.6. The van der Waals surface area contributed by atoms with Gasteiger partial charge >= 0.3 is 0 Å². The number of ether oxygens (including phenoxy) is 1. The minimum absolute atomic E-state index is 0.0722. The summed E-state index contributed by atoms with van der Waals surface area (Å²) in [4.78, 5) is 11.6. The predicted molar refractivity (Wildman–Crippen MR) is 83.9 cm³/mol. The van der Waals surface area contributed by atoms with E-state index in [0.29, 0.717) is 11.9 Å². The van der Waals surface area contributed by atoms with Crippen LogP contribution in [0.25, 0.3) is 10.2 Å². The van der Waals surface area contributed by atoms with E-state index in [-0.39, 0.29) is 5.60 Å². The van der Waals surface area contributed by atoms with Crippen LogP contribution in [0.5, 0.6) is 0 Å². The zero-order valence-electron chi connectivity index (χ0n) is 11.6. The van der Waals surface area contributed by atoms with E-state index in [2.05, 4.69) is 26.3 Å². The number of rotatable bonds is 1. The summed E-state index contributed by atoms with van der Waals surface area (Å²) < 4.78 is 7.39. The van der Waals surface area contributed by atoms with Crippen LogP contribution < -0.4 is 5.32 Å². The lowest BCUT2D eigenvalue weighted by Gasteiger charge is -2.31. The van der Waals surface area contributed by atoms with Crippen LogP contribution >= 0.6 is 11.3 Å². The maximum Gasteiger partial charge on any atom is 0.291 e. The molecule has 1 N–H and O–H groups in total. The highest BCUT2D eigenvalue weighted by molar-refractivity contribution is 7.22. The highest BCUT2D eigenvalue weighted by Gasteiger charge is 2.54. The molecule has 0 aliphatic carbocycles. The summed E-state index contributed by atoms with van der Waals surface area (Å²) in [6.45, 7) is 4.19. The number of anilines is 1. The van der Waals surface area contributed by atoms with Crippen LogP contribution in [0.1, 0.15) is 6.42 Å². The average molecular weight is 300 g/mol. The quantitative estimate of drug-likeness (QED) is 0.877. The molecule has 0 radical (unpaired) electrons. The molecule has 1 aromatic carbocycles. The first kappa shape index (κ1) is 11.9. The standard InChI is InChI=1S/C15H16N4OS/c1-2-4-12-11(3-1)17-14(21-12)18-13-16-8-15(20-13)9-19-6-5-10(15)7-19/h1-4,10H,5-9H2,(H,16,17,18)/t10-,15+/m1/s1. The van der Waals surface area contributed by atoms with Gasteiger partial charge in [-0.1, -0.05) is 23.5 Å². The van der Waals surface area contributed by atoms with Crippen molar-refractivity contribution in [2.75, 3.05) is 31.5 Å². The van der Waals surface area contributed by atoms with Crippen molar-refractivity contribution in [3.8, 4) is 0 Å². The van der Waals surface area contributed by atoms with Crippen LogP contribution in [0.15, 0.2) is 29.3 Å². The third-order valence-electron chi connectivity index (χ3n) is 4.81. The number of aliphatic imine (C=N–C) groups is 1. The number of para-hydroxylation sites is 1. The van der Waals surface area contributed by atoms with Gasteiger partial charge < -0.3 is 4.74 Å². The first-order valence-corrected chi connectivity index (χ1v) is 8.21. The molecular weight excluding hydrogens is 284 g/mol. The molecule has 1 unspecified atom stereocenters. The van der Waals surface area contributed by atoms with Gasteiger partial charge in [0.2, 0.25) is 0 Å². The highest BCUT2D eigenvalue weighted by atomic mass is 32.1. The third-order valence-corrected chi connectivity index (χ3v) is 5.76. The minimum Gasteiger partial charge on any atom is -0.455 e. The van der Waals surface area contributed by atoms with Gasteiger partial charge in [0, 0.05) is 19.0 Å². The molecule has 2 aromatic rings. The van der Waals surface area contributed by atoms with Crippen molar-refractivity contribution in [1.82, 2.24) is 9.88 Å². The molecule has 0 saturated carbocycles. The maximum absolute atomic E-state index is 6.21. The Hall–Kier alpha value is -1.66. The lowest BCUT2D eigenvalue weighted by molar-refractivity contribution is 0.0364. The second-order valence-corrected chi connectivity index (χ2v) is 7.15. The highest BCUT2D eigenvalue weighted by Crippen LogP contribution is 2.41. The van der Waals surface area contributed by atoms with E-state index in [1.807, 2.05) is 18.2 Å². The van der Waals surface area contributed by atoms with Crippen LogP contribution in [-0.4, -0.2) is 47.7 Å². The molecule has 2 fully saturated rings. The number of thiazole rings is 1. The number of piperidine rings is 1. The van der Waals surface area contributed by atoms with E-state index in [4.69, 9.17) is 4.74 Å². The van der Waals surface area contributed by atoms with E-state index in [1.165, 1.54) is 24.2 Å². The number of benzene rings is 1. The van der Waals surface area contributed by atoms with Crippen molar-refractivity contribution in [2.45, 2.75) is 12.0 Å². The lowest BCUT2D eigenvalue weighted by atomic mass is 9.88. The number of nitrogens with zero attached hydrogens (tertiary/aromatic N) is 3. The molecule has 3 atom stereocenters. The Morgan fingerprint density at radius 1 is 1.38 bits per heavy atom. The minimum atomic E-state index is -0.0722. The molecule has 1 spiro atoms. The number of nitrogens with one attached hydrogen (secondary N) is 1. The van der Waals surface area contributed by atoms with Crippen molar-refractivity contribution in [2.24, 2.45) is 10.9 Å². The van der Waals surface area contributed by atoms with Crippen molar-refractivity contribution in [1.29, 1.82) is 0 Å². The summed E-state index contributed by atoms with van der Waals surface area (Å²) in [6, 6.07) is 8.79. The topological polar surface area (TPSA) is 49.8 Å². The van der Waals surface area contributed by atoms with Gasteiger partial charge in [-0.3, -0.25) is 10.2 Å². The summed E-state index contributed by atoms with van der Waals surface area (Å²) in [5.41, 5.74) is 0.946. The number of aromatic nitrogens is 1. The molecular formula is C15H16N4OS. The number of hydrogen-bond donors (Lipinski definition) is 1. The van der Waals surface area contributed by atoms with E-state index in [0.717, 1.165) is 23.7 Å². The average Bonchev–Trinajstić information content (AvgIpc) is 3.23. The fraction of sp³-hybridized carbons (Fsp3) is 0.467. The van der Waals surface area contributed by atoms with Crippen LogP contribution in [-0.2, 0) is 4.74 Å². The molecule has 3 aliphatic heterocycles. The second-order valence-electron chi connectivity index (χ2n) is 6.12. The molecule has 3 aliphatic rings. The van der Waals surface area contributed by atoms with Gasteiger partial charge in [0.25, 0.3) is 6.02 Å². The van der Waals surface area contributed by atoms with E-state index in [9.17, 15) is 0 Å². The van der Waals surface area contributed by atoms with Crippen molar-refractivity contribution in [3.63, 3.8) is 0 Å². The fourth-order valence-electron chi connectivity index (χ4n) is 3.75. The summed E-state index contributed by atoms with van der Waals surface area (Å²) in [6.07, 6.45) is 1.24. The van der Waals surface area contributed by atoms with Gasteiger partial charge in [-0.2, -0.15) is 0 Å². The van der Waals surface area contributed by atoms with Crippen LogP contribution in [0.2, 0.25) is 0 Å². The number of amidine groups is 1. The molecule has 5 nitrogen and oxygen atoms in total. The largest absolute Gasteiger partial charge is 0.455 e. The Kier molecular flexibility index (Phi) is 2.37. The Morgan fingerprint density at radius 3 is 3.14 bits per heavy atom. The van der Waals surface area contributed by atoms with Gasteiger partial charge in [0.15, 0.2) is 5.13 Å². The van der Waals surface area contributed by atoms with Crippen molar-refractivity contribution < 1.29 is 4.74 Å². The Morgan fingerprint density at radius 2 is 2.33 bits per heavy atom. The predicted octanol–water partition coefficient (Wildman–Crippen LogP) is 2.17. The molecule has 21 heavy (non-hydrogen) atoms. The maximum atomic E-state index is 6.21. The first-order chi connectivity index (χ1) is 10.3. The molecule has 1 aromatic heterocycles. The Bertz CT molecular complexity index is 709. The number of hydrogen-bond acceptors (Lipinski definition) is 6. The second kappa shape index (κ2) is 4.18. The SMILES string of the molecule is c1ccc2sc(NC3=NC[C@@]4(CN5CC[C@@H]4C5)O3)nc2c1. The summed E-state index contributed by atoms with van der Waals surface area (Å²) in [7, 11) is 0. The van der Waals surface area contributed by atoms with Gasteiger partial charge in [-0.25, -0.2) is 9.98 Å².